The lowest BCUT2D eigenvalue weighted by atomic mass is 9.77. The summed E-state index contributed by atoms with van der Waals surface area (Å²) < 4.78 is 0. The van der Waals surface area contributed by atoms with Crippen LogP contribution in [0.15, 0.2) is 243 Å². The second-order valence-corrected chi connectivity index (χ2v) is 17.6. The number of nitrogens with zero attached hydrogens (tertiary/aromatic N) is 2. The van der Waals surface area contributed by atoms with E-state index in [1.165, 1.54) is 76.8 Å². The predicted molar refractivity (Wildman–Crippen MR) is 277 cm³/mol. The van der Waals surface area contributed by atoms with Crippen LogP contribution in [-0.2, 0) is 5.41 Å². The van der Waals surface area contributed by atoms with Gasteiger partial charge in [0.05, 0.1) is 17.1 Å². The van der Waals surface area contributed by atoms with Crippen LogP contribution in [0.4, 0.5) is 34.1 Å². The normalized spacial score (nSPS) is 12.6. The van der Waals surface area contributed by atoms with E-state index in [1.807, 2.05) is 0 Å². The Morgan fingerprint density at radius 1 is 0.277 bits per heavy atom. The molecule has 0 aromatic heterocycles. The van der Waals surface area contributed by atoms with E-state index in [9.17, 15) is 0 Å². The topological polar surface area (TPSA) is 6.48 Å². The molecule has 0 unspecified atom stereocenters. The van der Waals surface area contributed by atoms with Gasteiger partial charge >= 0.3 is 0 Å². The molecule has 11 aromatic rings. The molecule has 0 heterocycles. The van der Waals surface area contributed by atoms with E-state index in [-0.39, 0.29) is 5.41 Å². The average Bonchev–Trinajstić information content (AvgIpc) is 3.62. The van der Waals surface area contributed by atoms with Gasteiger partial charge in [-0.1, -0.05) is 202 Å². The van der Waals surface area contributed by atoms with Crippen molar-refractivity contribution in [1.29, 1.82) is 0 Å². The molecule has 0 saturated heterocycles. The van der Waals surface area contributed by atoms with Crippen molar-refractivity contribution in [2.45, 2.75) is 19.3 Å². The molecular formula is C63H46N2. The number of anilines is 6. The summed E-state index contributed by atoms with van der Waals surface area (Å²) in [6.45, 7) is 4.88. The first-order valence-corrected chi connectivity index (χ1v) is 22.6. The molecule has 0 atom stereocenters. The van der Waals surface area contributed by atoms with Crippen molar-refractivity contribution in [2.24, 2.45) is 0 Å². The molecule has 0 bridgehead atoms. The molecule has 11 aromatic carbocycles. The van der Waals surface area contributed by atoms with Crippen molar-refractivity contribution in [3.8, 4) is 33.4 Å². The van der Waals surface area contributed by atoms with Gasteiger partial charge in [-0.05, 0) is 115 Å². The van der Waals surface area contributed by atoms with Crippen molar-refractivity contribution in [3.05, 3.63) is 254 Å². The molecule has 0 fully saturated rings. The lowest BCUT2D eigenvalue weighted by Crippen LogP contribution is -2.17. The van der Waals surface area contributed by atoms with Gasteiger partial charge < -0.3 is 9.80 Å². The van der Waals surface area contributed by atoms with E-state index in [0.29, 0.717) is 0 Å². The molecule has 0 amide bonds. The highest BCUT2D eigenvalue weighted by molar-refractivity contribution is 6.21. The zero-order chi connectivity index (χ0) is 43.5. The molecule has 2 nitrogen and oxygen atoms in total. The van der Waals surface area contributed by atoms with Crippen LogP contribution in [0.5, 0.6) is 0 Å². The molecule has 0 N–H and O–H groups in total. The zero-order valence-corrected chi connectivity index (χ0v) is 36.5. The zero-order valence-electron chi connectivity index (χ0n) is 36.5. The first-order chi connectivity index (χ1) is 32.1. The summed E-state index contributed by atoms with van der Waals surface area (Å²) in [6.07, 6.45) is 0. The number of fused-ring (bicyclic) bond motifs is 10. The van der Waals surface area contributed by atoms with Gasteiger partial charge in [0, 0.05) is 39.0 Å². The Labute approximate surface area is 380 Å². The number of rotatable bonds is 8. The molecular weight excluding hydrogens is 785 g/mol. The van der Waals surface area contributed by atoms with Gasteiger partial charge in [0.15, 0.2) is 0 Å². The second-order valence-electron chi connectivity index (χ2n) is 17.6. The van der Waals surface area contributed by atoms with E-state index in [4.69, 9.17) is 0 Å². The smallest absolute Gasteiger partial charge is 0.0546 e. The van der Waals surface area contributed by atoms with Gasteiger partial charge in [-0.2, -0.15) is 0 Å². The first-order valence-electron chi connectivity index (χ1n) is 22.6. The summed E-state index contributed by atoms with van der Waals surface area (Å²) in [5, 5.41) is 7.56. The van der Waals surface area contributed by atoms with Crippen LogP contribution in [-0.4, -0.2) is 0 Å². The molecule has 1 aliphatic carbocycles. The third kappa shape index (κ3) is 6.25. The highest BCUT2D eigenvalue weighted by Gasteiger charge is 2.41. The standard InChI is InChI=1S/C63H46N2/c1-63(2)61-53-36-18-16-34-51(53)59(65(46-29-13-6-14-30-46)58-38-22-20-32-49(58)44-25-9-4-10-26-44)42-56(61)60-52-35-17-15-33-50(52)55-41-47(39-40-54(55)62(60)63)64(45-27-11-5-12-28-45)57-37-21-19-31-48(57)43-23-7-3-8-24-43/h3-42H,1-2H3. The SMILES string of the molecule is CC1(C)c2c(cc(N(c3ccccc3)c3ccccc3-c3ccccc3)c3ccccc23)-c2c1c1ccc(N(c3ccccc3)c3ccccc3-c3ccccc3)cc1c1ccccc21. The largest absolute Gasteiger partial charge is 0.310 e. The average molecular weight is 831 g/mol. The summed E-state index contributed by atoms with van der Waals surface area (Å²) in [5.74, 6) is 0. The Balaban J connectivity index is 1.12. The molecule has 308 valence electrons. The van der Waals surface area contributed by atoms with Crippen molar-refractivity contribution >= 4 is 66.4 Å². The maximum Gasteiger partial charge on any atom is 0.0546 e. The fraction of sp³-hybridized carbons (Fsp3) is 0.0476. The van der Waals surface area contributed by atoms with Gasteiger partial charge in [-0.3, -0.25) is 0 Å². The van der Waals surface area contributed by atoms with Crippen LogP contribution in [0.2, 0.25) is 0 Å². The van der Waals surface area contributed by atoms with E-state index < -0.39 is 0 Å². The number of hydrogen-bond donors (Lipinski definition) is 0. The molecule has 12 rings (SSSR count). The van der Waals surface area contributed by atoms with E-state index in [0.717, 1.165) is 34.1 Å². The molecule has 0 radical (unpaired) electrons. The van der Waals surface area contributed by atoms with Crippen molar-refractivity contribution in [3.63, 3.8) is 0 Å². The highest BCUT2D eigenvalue weighted by Crippen LogP contribution is 2.59. The Hall–Kier alpha value is -8.20. The van der Waals surface area contributed by atoms with E-state index >= 15 is 0 Å². The Kier molecular flexibility index (Phi) is 9.21. The fourth-order valence-corrected chi connectivity index (χ4v) is 10.8. The number of para-hydroxylation sites is 4. The molecule has 0 aliphatic heterocycles. The summed E-state index contributed by atoms with van der Waals surface area (Å²) >= 11 is 0. The van der Waals surface area contributed by atoms with Crippen LogP contribution in [0, 0.1) is 0 Å². The quantitative estimate of drug-likeness (QED) is 0.141. The minimum absolute atomic E-state index is 0.314. The number of benzene rings is 11. The van der Waals surface area contributed by atoms with Gasteiger partial charge in [-0.15, -0.1) is 0 Å². The van der Waals surface area contributed by atoms with Crippen molar-refractivity contribution in [2.75, 3.05) is 9.80 Å². The van der Waals surface area contributed by atoms with Crippen LogP contribution >= 0.6 is 0 Å². The second kappa shape index (κ2) is 15.6. The third-order valence-corrected chi connectivity index (χ3v) is 13.5. The van der Waals surface area contributed by atoms with E-state index in [1.54, 1.807) is 0 Å². The minimum Gasteiger partial charge on any atom is -0.310 e. The Morgan fingerprint density at radius 2 is 0.723 bits per heavy atom. The van der Waals surface area contributed by atoms with Gasteiger partial charge in [0.1, 0.15) is 0 Å². The molecule has 65 heavy (non-hydrogen) atoms. The summed E-state index contributed by atoms with van der Waals surface area (Å²) in [6, 6.07) is 88.6. The Bertz CT molecular complexity index is 3560. The summed E-state index contributed by atoms with van der Waals surface area (Å²) in [7, 11) is 0. The van der Waals surface area contributed by atoms with Gasteiger partial charge in [0.25, 0.3) is 0 Å². The van der Waals surface area contributed by atoms with Crippen LogP contribution in [0.25, 0.3) is 65.7 Å². The molecule has 1 aliphatic rings. The lowest BCUT2D eigenvalue weighted by Gasteiger charge is -2.31. The van der Waals surface area contributed by atoms with Crippen LogP contribution in [0.1, 0.15) is 25.0 Å². The van der Waals surface area contributed by atoms with E-state index in [2.05, 4.69) is 266 Å². The van der Waals surface area contributed by atoms with Crippen molar-refractivity contribution in [1.82, 2.24) is 0 Å². The van der Waals surface area contributed by atoms with Crippen LogP contribution < -0.4 is 9.80 Å². The lowest BCUT2D eigenvalue weighted by molar-refractivity contribution is 0.672. The minimum atomic E-state index is -0.314. The fourth-order valence-electron chi connectivity index (χ4n) is 10.8. The summed E-state index contributed by atoms with van der Waals surface area (Å²) in [4.78, 5) is 4.91. The van der Waals surface area contributed by atoms with Gasteiger partial charge in [0.2, 0.25) is 0 Å². The van der Waals surface area contributed by atoms with Gasteiger partial charge in [-0.25, -0.2) is 0 Å². The maximum atomic E-state index is 2.50. The molecule has 0 spiro atoms. The molecule has 2 heteroatoms. The highest BCUT2D eigenvalue weighted by atomic mass is 15.2. The predicted octanol–water partition coefficient (Wildman–Crippen LogP) is 17.7. The van der Waals surface area contributed by atoms with Crippen molar-refractivity contribution < 1.29 is 0 Å². The maximum absolute atomic E-state index is 2.50. The number of hydrogen-bond acceptors (Lipinski definition) is 2. The van der Waals surface area contributed by atoms with Crippen LogP contribution in [0.3, 0.4) is 0 Å². The summed E-state index contributed by atoms with van der Waals surface area (Å²) in [5.41, 5.74) is 16.6. The Morgan fingerprint density at radius 3 is 1.32 bits per heavy atom. The third-order valence-electron chi connectivity index (χ3n) is 13.5. The first kappa shape index (κ1) is 38.5. The monoisotopic (exact) mass is 830 g/mol. The molecule has 0 saturated carbocycles.